The SMILES string of the molecule is O=C(N[C@@H](CO)C(=O)N1CCNCC1)c1cc(-c2ccccc2)cc(-c2ccccc2)n1. The lowest BCUT2D eigenvalue weighted by molar-refractivity contribution is -0.134. The molecule has 0 aliphatic carbocycles. The second-order valence-electron chi connectivity index (χ2n) is 7.64. The van der Waals surface area contributed by atoms with Crippen molar-refractivity contribution in [3.63, 3.8) is 0 Å². The number of rotatable bonds is 6. The van der Waals surface area contributed by atoms with E-state index in [-0.39, 0.29) is 11.6 Å². The van der Waals surface area contributed by atoms with E-state index in [1.165, 1.54) is 0 Å². The van der Waals surface area contributed by atoms with Gasteiger partial charge in [0, 0.05) is 31.7 Å². The predicted octanol–water partition coefficient (Wildman–Crippen LogP) is 1.94. The van der Waals surface area contributed by atoms with Crippen LogP contribution < -0.4 is 10.6 Å². The Hall–Kier alpha value is -3.55. The Labute approximate surface area is 187 Å². The van der Waals surface area contributed by atoms with Gasteiger partial charge in [-0.2, -0.15) is 0 Å². The monoisotopic (exact) mass is 430 g/mol. The first-order valence-corrected chi connectivity index (χ1v) is 10.7. The quantitative estimate of drug-likeness (QED) is 0.556. The normalized spacial score (nSPS) is 14.6. The van der Waals surface area contributed by atoms with E-state index < -0.39 is 18.6 Å². The summed E-state index contributed by atoms with van der Waals surface area (Å²) in [6.07, 6.45) is 0. The van der Waals surface area contributed by atoms with Gasteiger partial charge in [0.1, 0.15) is 11.7 Å². The highest BCUT2D eigenvalue weighted by molar-refractivity contribution is 5.97. The summed E-state index contributed by atoms with van der Waals surface area (Å²) < 4.78 is 0. The molecule has 32 heavy (non-hydrogen) atoms. The van der Waals surface area contributed by atoms with Crippen LogP contribution in [0.4, 0.5) is 0 Å². The molecule has 1 aromatic heterocycles. The van der Waals surface area contributed by atoms with Crippen molar-refractivity contribution in [2.75, 3.05) is 32.8 Å². The molecular formula is C25H26N4O3. The van der Waals surface area contributed by atoms with Crippen LogP contribution in [-0.2, 0) is 4.79 Å². The Morgan fingerprint density at radius 2 is 1.56 bits per heavy atom. The molecule has 2 amide bonds. The third kappa shape index (κ3) is 5.01. The maximum atomic E-state index is 13.1. The van der Waals surface area contributed by atoms with Crippen LogP contribution in [0, 0.1) is 0 Å². The number of hydrogen-bond donors (Lipinski definition) is 3. The summed E-state index contributed by atoms with van der Waals surface area (Å²) in [5.74, 6) is -0.785. The van der Waals surface area contributed by atoms with E-state index in [1.54, 1.807) is 11.0 Å². The van der Waals surface area contributed by atoms with Crippen molar-refractivity contribution in [1.82, 2.24) is 20.5 Å². The van der Waals surface area contributed by atoms with Crippen molar-refractivity contribution in [2.45, 2.75) is 6.04 Å². The van der Waals surface area contributed by atoms with Gasteiger partial charge >= 0.3 is 0 Å². The van der Waals surface area contributed by atoms with Gasteiger partial charge in [-0.1, -0.05) is 60.7 Å². The van der Waals surface area contributed by atoms with Crippen LogP contribution in [-0.4, -0.2) is 65.6 Å². The molecule has 0 bridgehead atoms. The Morgan fingerprint density at radius 1 is 0.938 bits per heavy atom. The summed E-state index contributed by atoms with van der Waals surface area (Å²) in [6.45, 7) is 2.01. The predicted molar refractivity (Wildman–Crippen MR) is 123 cm³/mol. The van der Waals surface area contributed by atoms with E-state index >= 15 is 0 Å². The number of aliphatic hydroxyl groups is 1. The standard InChI is InChI=1S/C25H26N4O3/c30-17-23(25(32)29-13-11-26-12-14-29)28-24(31)22-16-20(18-7-3-1-4-8-18)15-21(27-22)19-9-5-2-6-10-19/h1-10,15-16,23,26,30H,11-14,17H2,(H,28,31)/t23-/m0/s1. The van der Waals surface area contributed by atoms with E-state index in [4.69, 9.17) is 0 Å². The third-order valence-corrected chi connectivity index (χ3v) is 5.45. The van der Waals surface area contributed by atoms with Crippen LogP contribution in [0.15, 0.2) is 72.8 Å². The summed E-state index contributed by atoms with van der Waals surface area (Å²) in [4.78, 5) is 32.1. The number of pyridine rings is 1. The summed E-state index contributed by atoms with van der Waals surface area (Å²) in [5, 5.41) is 15.6. The molecule has 4 rings (SSSR count). The van der Waals surface area contributed by atoms with Crippen LogP contribution in [0.5, 0.6) is 0 Å². The van der Waals surface area contributed by atoms with Gasteiger partial charge in [-0.3, -0.25) is 9.59 Å². The molecule has 1 atom stereocenters. The van der Waals surface area contributed by atoms with Crippen LogP contribution >= 0.6 is 0 Å². The Kier molecular flexibility index (Phi) is 6.89. The Balaban J connectivity index is 1.63. The van der Waals surface area contributed by atoms with Crippen molar-refractivity contribution in [3.8, 4) is 22.4 Å². The molecule has 7 nitrogen and oxygen atoms in total. The zero-order valence-electron chi connectivity index (χ0n) is 17.7. The number of aromatic nitrogens is 1. The van der Waals surface area contributed by atoms with E-state index in [0.717, 1.165) is 16.7 Å². The highest BCUT2D eigenvalue weighted by atomic mass is 16.3. The van der Waals surface area contributed by atoms with Gasteiger partial charge in [0.25, 0.3) is 5.91 Å². The first kappa shape index (κ1) is 21.7. The highest BCUT2D eigenvalue weighted by Crippen LogP contribution is 2.26. The van der Waals surface area contributed by atoms with Gasteiger partial charge in [-0.05, 0) is 23.3 Å². The minimum absolute atomic E-state index is 0.191. The molecule has 0 unspecified atom stereocenters. The summed E-state index contributed by atoms with van der Waals surface area (Å²) in [5.41, 5.74) is 3.54. The Bertz CT molecular complexity index is 1010. The number of benzene rings is 2. The van der Waals surface area contributed by atoms with Crippen LogP contribution in [0.25, 0.3) is 22.4 Å². The first-order valence-electron chi connectivity index (χ1n) is 10.7. The molecule has 3 aromatic rings. The number of nitrogens with one attached hydrogen (secondary N) is 2. The lowest BCUT2D eigenvalue weighted by Gasteiger charge is -2.30. The van der Waals surface area contributed by atoms with Crippen LogP contribution in [0.2, 0.25) is 0 Å². The fraction of sp³-hybridized carbons (Fsp3) is 0.240. The maximum Gasteiger partial charge on any atom is 0.270 e. The molecule has 1 aliphatic heterocycles. The largest absolute Gasteiger partial charge is 0.394 e. The number of aliphatic hydroxyl groups excluding tert-OH is 1. The van der Waals surface area contributed by atoms with Gasteiger partial charge in [0.05, 0.1) is 12.3 Å². The molecule has 7 heteroatoms. The molecule has 2 aromatic carbocycles. The smallest absolute Gasteiger partial charge is 0.270 e. The van der Waals surface area contributed by atoms with Crippen LogP contribution in [0.3, 0.4) is 0 Å². The molecule has 1 fully saturated rings. The summed E-state index contributed by atoms with van der Waals surface area (Å²) >= 11 is 0. The molecule has 2 heterocycles. The molecule has 0 spiro atoms. The summed E-state index contributed by atoms with van der Waals surface area (Å²) in [6, 6.07) is 22.0. The fourth-order valence-electron chi connectivity index (χ4n) is 3.72. The van der Waals surface area contributed by atoms with Crippen molar-refractivity contribution in [2.24, 2.45) is 0 Å². The fourth-order valence-corrected chi connectivity index (χ4v) is 3.72. The maximum absolute atomic E-state index is 13.1. The average Bonchev–Trinajstić information content (AvgIpc) is 2.88. The molecule has 164 valence electrons. The number of carbonyl (C=O) groups is 2. The second kappa shape index (κ2) is 10.2. The van der Waals surface area contributed by atoms with Crippen molar-refractivity contribution in [1.29, 1.82) is 0 Å². The highest BCUT2D eigenvalue weighted by Gasteiger charge is 2.27. The number of hydrogen-bond acceptors (Lipinski definition) is 5. The topological polar surface area (TPSA) is 94.6 Å². The lowest BCUT2D eigenvalue weighted by atomic mass is 10.0. The number of carbonyl (C=O) groups excluding carboxylic acids is 2. The average molecular weight is 431 g/mol. The first-order chi connectivity index (χ1) is 15.7. The van der Waals surface area contributed by atoms with Crippen molar-refractivity contribution < 1.29 is 14.7 Å². The van der Waals surface area contributed by atoms with Gasteiger partial charge in [-0.25, -0.2) is 4.98 Å². The number of amides is 2. The molecule has 0 saturated carbocycles. The van der Waals surface area contributed by atoms with Crippen molar-refractivity contribution in [3.05, 3.63) is 78.5 Å². The van der Waals surface area contributed by atoms with E-state index in [2.05, 4.69) is 15.6 Å². The van der Waals surface area contributed by atoms with Crippen molar-refractivity contribution >= 4 is 11.8 Å². The van der Waals surface area contributed by atoms with Gasteiger partial charge in [-0.15, -0.1) is 0 Å². The number of piperazine rings is 1. The van der Waals surface area contributed by atoms with Gasteiger partial charge in [0.2, 0.25) is 5.91 Å². The molecule has 3 N–H and O–H groups in total. The van der Waals surface area contributed by atoms with E-state index in [9.17, 15) is 14.7 Å². The molecule has 1 saturated heterocycles. The Morgan fingerprint density at radius 3 is 2.19 bits per heavy atom. The third-order valence-electron chi connectivity index (χ3n) is 5.45. The van der Waals surface area contributed by atoms with E-state index in [0.29, 0.717) is 31.9 Å². The zero-order valence-corrected chi connectivity index (χ0v) is 17.7. The second-order valence-corrected chi connectivity index (χ2v) is 7.64. The minimum Gasteiger partial charge on any atom is -0.394 e. The van der Waals surface area contributed by atoms with E-state index in [1.807, 2.05) is 66.7 Å². The van der Waals surface area contributed by atoms with Gasteiger partial charge < -0.3 is 20.6 Å². The summed E-state index contributed by atoms with van der Waals surface area (Å²) in [7, 11) is 0. The van der Waals surface area contributed by atoms with Gasteiger partial charge in [0.15, 0.2) is 0 Å². The molecule has 0 radical (unpaired) electrons. The molecule has 1 aliphatic rings. The van der Waals surface area contributed by atoms with Crippen LogP contribution in [0.1, 0.15) is 10.5 Å². The zero-order chi connectivity index (χ0) is 22.3. The number of nitrogens with zero attached hydrogens (tertiary/aromatic N) is 2. The minimum atomic E-state index is -1.01. The lowest BCUT2D eigenvalue weighted by Crippen LogP contribution is -2.55. The molecular weight excluding hydrogens is 404 g/mol.